The van der Waals surface area contributed by atoms with Crippen LogP contribution in [0.25, 0.3) is 11.1 Å². The normalized spacial score (nSPS) is 16.2. The maximum Gasteiger partial charge on any atom is 0.490 e. The van der Waals surface area contributed by atoms with Crippen LogP contribution >= 0.6 is 11.3 Å². The Kier molecular flexibility index (Phi) is 9.91. The Bertz CT molecular complexity index is 1340. The van der Waals surface area contributed by atoms with E-state index in [0.29, 0.717) is 16.0 Å². The number of nitrogens with zero attached hydrogens (tertiary/aromatic N) is 1. The number of thiophene rings is 1. The van der Waals surface area contributed by atoms with Gasteiger partial charge in [-0.3, -0.25) is 9.69 Å². The van der Waals surface area contributed by atoms with Crippen molar-refractivity contribution < 1.29 is 41.0 Å². The number of halogens is 6. The van der Waals surface area contributed by atoms with Crippen molar-refractivity contribution in [3.63, 3.8) is 0 Å². The van der Waals surface area contributed by atoms with Crippen LogP contribution in [0.3, 0.4) is 0 Å². The van der Waals surface area contributed by atoms with E-state index in [2.05, 4.69) is 55.3 Å². The zero-order valence-corrected chi connectivity index (χ0v) is 23.4. The molecule has 2 N–H and O–H groups in total. The molecular weight excluding hydrogens is 570 g/mol. The first kappa shape index (κ1) is 32.1. The van der Waals surface area contributed by atoms with Crippen LogP contribution in [0.4, 0.5) is 26.3 Å². The van der Waals surface area contributed by atoms with Gasteiger partial charge >= 0.3 is 18.3 Å². The summed E-state index contributed by atoms with van der Waals surface area (Å²) in [6.07, 6.45) is -8.60. The number of hydrogen-bond donors (Lipinski definition) is 2. The van der Waals surface area contributed by atoms with Crippen LogP contribution in [-0.2, 0) is 22.9 Å². The van der Waals surface area contributed by atoms with Gasteiger partial charge in [0.25, 0.3) is 5.91 Å². The molecule has 0 spiro atoms. The van der Waals surface area contributed by atoms with E-state index in [4.69, 9.17) is 9.90 Å². The number of benzene rings is 2. The van der Waals surface area contributed by atoms with Crippen LogP contribution in [0.15, 0.2) is 60.0 Å². The predicted octanol–water partition coefficient (Wildman–Crippen LogP) is 7.37. The summed E-state index contributed by atoms with van der Waals surface area (Å²) in [6, 6.07) is 15.6. The average Bonchev–Trinajstić information content (AvgIpc) is 3.53. The number of carboxylic acid groups (broad SMARTS) is 1. The van der Waals surface area contributed by atoms with E-state index in [1.54, 1.807) is 17.5 Å². The molecule has 0 saturated carbocycles. The van der Waals surface area contributed by atoms with Crippen molar-refractivity contribution in [2.24, 2.45) is 0 Å². The fourth-order valence-electron chi connectivity index (χ4n) is 4.20. The van der Waals surface area contributed by atoms with Crippen molar-refractivity contribution >= 4 is 23.2 Å². The summed E-state index contributed by atoms with van der Waals surface area (Å²) < 4.78 is 70.8. The molecule has 4 rings (SSSR count). The van der Waals surface area contributed by atoms with Crippen LogP contribution in [0.1, 0.15) is 53.6 Å². The number of hydrogen-bond acceptors (Lipinski definition) is 4. The van der Waals surface area contributed by atoms with Crippen LogP contribution < -0.4 is 5.32 Å². The van der Waals surface area contributed by atoms with Gasteiger partial charge in [0, 0.05) is 25.7 Å². The summed E-state index contributed by atoms with van der Waals surface area (Å²) >= 11 is 1.25. The summed E-state index contributed by atoms with van der Waals surface area (Å²) in [5.74, 6) is -2.93. The van der Waals surface area contributed by atoms with E-state index < -0.39 is 23.9 Å². The molecule has 3 aromatic rings. The van der Waals surface area contributed by atoms with E-state index in [9.17, 15) is 31.1 Å². The van der Waals surface area contributed by atoms with Crippen molar-refractivity contribution in [1.82, 2.24) is 10.2 Å². The highest BCUT2D eigenvalue weighted by Crippen LogP contribution is 2.33. The van der Waals surface area contributed by atoms with Crippen LogP contribution in [-0.4, -0.2) is 47.2 Å². The molecule has 1 unspecified atom stereocenters. The quantitative estimate of drug-likeness (QED) is 0.300. The molecule has 1 saturated heterocycles. The molecule has 1 aromatic heterocycles. The molecule has 0 radical (unpaired) electrons. The molecule has 12 heteroatoms. The summed E-state index contributed by atoms with van der Waals surface area (Å²) in [4.78, 5) is 24.5. The lowest BCUT2D eigenvalue weighted by molar-refractivity contribution is -0.192. The van der Waals surface area contributed by atoms with Gasteiger partial charge in [0.1, 0.15) is 0 Å². The van der Waals surface area contributed by atoms with Crippen molar-refractivity contribution in [1.29, 1.82) is 0 Å². The molecule has 0 aliphatic carbocycles. The van der Waals surface area contributed by atoms with Gasteiger partial charge in [-0.05, 0) is 57.7 Å². The van der Waals surface area contributed by atoms with Gasteiger partial charge in [-0.15, -0.1) is 11.3 Å². The number of nitrogens with one attached hydrogen (secondary N) is 1. The van der Waals surface area contributed by atoms with Gasteiger partial charge in [0.2, 0.25) is 0 Å². The Labute approximate surface area is 237 Å². The van der Waals surface area contributed by atoms with E-state index >= 15 is 0 Å². The highest BCUT2D eigenvalue weighted by atomic mass is 32.1. The highest BCUT2D eigenvalue weighted by Gasteiger charge is 2.38. The maximum atomic E-state index is 13.0. The number of carbonyl (C=O) groups is 2. The Balaban J connectivity index is 0.000000587. The van der Waals surface area contributed by atoms with Crippen LogP contribution in [0, 0.1) is 0 Å². The molecule has 5 nitrogen and oxygen atoms in total. The molecule has 2 heterocycles. The number of aliphatic carboxylic acids is 1. The van der Waals surface area contributed by atoms with Gasteiger partial charge in [0.05, 0.1) is 10.4 Å². The average molecular weight is 601 g/mol. The molecule has 2 aromatic carbocycles. The number of rotatable bonds is 5. The minimum Gasteiger partial charge on any atom is -0.475 e. The third-order valence-corrected chi connectivity index (χ3v) is 7.35. The molecule has 1 fully saturated rings. The first-order valence-electron chi connectivity index (χ1n) is 12.6. The van der Waals surface area contributed by atoms with E-state index in [1.807, 2.05) is 0 Å². The lowest BCUT2D eigenvalue weighted by Gasteiger charge is -2.20. The Hall–Kier alpha value is -3.38. The lowest BCUT2D eigenvalue weighted by atomic mass is 9.87. The number of carbonyl (C=O) groups excluding carboxylic acids is 1. The Morgan fingerprint density at radius 2 is 1.59 bits per heavy atom. The van der Waals surface area contributed by atoms with Gasteiger partial charge in [0.15, 0.2) is 0 Å². The van der Waals surface area contributed by atoms with Crippen molar-refractivity contribution in [3.05, 3.63) is 81.5 Å². The maximum absolute atomic E-state index is 13.0. The smallest absolute Gasteiger partial charge is 0.475 e. The zero-order valence-electron chi connectivity index (χ0n) is 22.6. The minimum absolute atomic E-state index is 0.0560. The van der Waals surface area contributed by atoms with Crippen molar-refractivity contribution in [2.75, 3.05) is 13.1 Å². The van der Waals surface area contributed by atoms with Crippen LogP contribution in [0.2, 0.25) is 0 Å². The summed E-state index contributed by atoms with van der Waals surface area (Å²) in [5.41, 5.74) is 3.07. The molecule has 0 bridgehead atoms. The largest absolute Gasteiger partial charge is 0.490 e. The molecular formula is C29H30F6N2O3S. The lowest BCUT2D eigenvalue weighted by Crippen LogP contribution is -2.36. The summed E-state index contributed by atoms with van der Waals surface area (Å²) in [5, 5.41) is 11.9. The van der Waals surface area contributed by atoms with E-state index in [1.165, 1.54) is 28.5 Å². The van der Waals surface area contributed by atoms with Crippen molar-refractivity contribution in [3.8, 4) is 11.1 Å². The Morgan fingerprint density at radius 3 is 2.15 bits per heavy atom. The number of likely N-dealkylation sites (tertiary alicyclic amines) is 1. The fraction of sp³-hybridized carbons (Fsp3) is 0.379. The number of amides is 1. The molecule has 1 aliphatic heterocycles. The first-order valence-corrected chi connectivity index (χ1v) is 13.5. The molecule has 1 amide bonds. The summed E-state index contributed by atoms with van der Waals surface area (Å²) in [6.45, 7) is 9.13. The van der Waals surface area contributed by atoms with Gasteiger partial charge in [-0.25, -0.2) is 4.79 Å². The third kappa shape index (κ3) is 9.32. The molecule has 222 valence electrons. The van der Waals surface area contributed by atoms with Gasteiger partial charge in [-0.1, -0.05) is 57.2 Å². The standard InChI is InChI=1S/C27H29F3N2OS.C2HF3O2/c1-26(2,3)21-9-7-18(8-10-21)15-32-12-11-23(16-32)31-25(33)24-14-20(17-34-24)19-5-4-6-22(13-19)27(28,29)30;3-2(4,5)1(6)7/h4-10,13-14,17,23H,11-12,15-16H2,1-3H3,(H,31,33);(H,6,7). The van der Waals surface area contributed by atoms with Crippen LogP contribution in [0.5, 0.6) is 0 Å². The number of alkyl halides is 6. The minimum atomic E-state index is -5.08. The third-order valence-electron chi connectivity index (χ3n) is 6.42. The first-order chi connectivity index (χ1) is 18.9. The van der Waals surface area contributed by atoms with Gasteiger partial charge in [-0.2, -0.15) is 26.3 Å². The van der Waals surface area contributed by atoms with Gasteiger partial charge < -0.3 is 10.4 Å². The molecule has 1 aliphatic rings. The van der Waals surface area contributed by atoms with Crippen molar-refractivity contribution in [2.45, 2.75) is 57.5 Å². The SMILES string of the molecule is CC(C)(C)c1ccc(CN2CCC(NC(=O)c3cc(-c4cccc(C(F)(F)F)c4)cs3)C2)cc1.O=C(O)C(F)(F)F. The fourth-order valence-corrected chi connectivity index (χ4v) is 5.02. The molecule has 41 heavy (non-hydrogen) atoms. The monoisotopic (exact) mass is 600 g/mol. The Morgan fingerprint density at radius 1 is 0.951 bits per heavy atom. The van der Waals surface area contributed by atoms with E-state index in [-0.39, 0.29) is 17.4 Å². The molecule has 1 atom stereocenters. The second-order valence-corrected chi connectivity index (χ2v) is 11.6. The highest BCUT2D eigenvalue weighted by molar-refractivity contribution is 7.12. The second-order valence-electron chi connectivity index (χ2n) is 10.7. The number of carboxylic acids is 1. The summed E-state index contributed by atoms with van der Waals surface area (Å²) in [7, 11) is 0. The van der Waals surface area contributed by atoms with E-state index in [0.717, 1.165) is 38.2 Å². The zero-order chi connectivity index (χ0) is 30.6. The predicted molar refractivity (Wildman–Crippen MR) is 145 cm³/mol. The topological polar surface area (TPSA) is 69.6 Å². The second kappa shape index (κ2) is 12.6.